The third-order valence-corrected chi connectivity index (χ3v) is 4.71. The van der Waals surface area contributed by atoms with Crippen molar-refractivity contribution < 1.29 is 0 Å². The maximum Gasteiger partial charge on any atom is 0.0441 e. The van der Waals surface area contributed by atoms with Gasteiger partial charge in [-0.3, -0.25) is 0 Å². The van der Waals surface area contributed by atoms with Crippen LogP contribution in [0.2, 0.25) is 5.02 Å². The summed E-state index contributed by atoms with van der Waals surface area (Å²) in [5.41, 5.74) is 5.29. The quantitative estimate of drug-likeness (QED) is 0.630. The zero-order valence-corrected chi connectivity index (χ0v) is 13.6. The highest BCUT2D eigenvalue weighted by molar-refractivity contribution is 9.09. The maximum absolute atomic E-state index is 6.30. The lowest BCUT2D eigenvalue weighted by Crippen LogP contribution is -2.05. The molecule has 0 aliphatic rings. The summed E-state index contributed by atoms with van der Waals surface area (Å²) in [7, 11) is 0. The van der Waals surface area contributed by atoms with E-state index in [2.05, 4.69) is 60.1 Å². The second kappa shape index (κ2) is 6.58. The monoisotopic (exact) mass is 336 g/mol. The van der Waals surface area contributed by atoms with Crippen molar-refractivity contribution in [2.24, 2.45) is 0 Å². The normalized spacial score (nSPS) is 12.4. The average Bonchev–Trinajstić information content (AvgIpc) is 2.41. The molecule has 0 saturated heterocycles. The van der Waals surface area contributed by atoms with Gasteiger partial charge in [-0.2, -0.15) is 0 Å². The molecule has 0 radical (unpaired) electrons. The summed E-state index contributed by atoms with van der Waals surface area (Å²) in [5, 5.41) is 1.78. The van der Waals surface area contributed by atoms with E-state index in [0.29, 0.717) is 5.92 Å². The summed E-state index contributed by atoms with van der Waals surface area (Å²) in [6.45, 7) is 4.31. The van der Waals surface area contributed by atoms with Gasteiger partial charge in [-0.15, -0.1) is 0 Å². The molecule has 1 atom stereocenters. The Morgan fingerprint density at radius 1 is 1.05 bits per heavy atom. The molecule has 0 aliphatic heterocycles. The van der Waals surface area contributed by atoms with E-state index in [0.717, 1.165) is 16.8 Å². The van der Waals surface area contributed by atoms with Crippen LogP contribution in [-0.4, -0.2) is 5.33 Å². The highest BCUT2D eigenvalue weighted by atomic mass is 79.9. The van der Waals surface area contributed by atoms with E-state index >= 15 is 0 Å². The van der Waals surface area contributed by atoms with Gasteiger partial charge in [0, 0.05) is 10.4 Å². The summed E-state index contributed by atoms with van der Waals surface area (Å²) < 4.78 is 0. The molecule has 0 heterocycles. The van der Waals surface area contributed by atoms with Gasteiger partial charge in [0.15, 0.2) is 0 Å². The topological polar surface area (TPSA) is 0 Å². The van der Waals surface area contributed by atoms with E-state index < -0.39 is 0 Å². The Labute approximate surface area is 128 Å². The molecule has 0 bridgehead atoms. The molecule has 0 aromatic heterocycles. The molecule has 2 heteroatoms. The van der Waals surface area contributed by atoms with Gasteiger partial charge in [0.1, 0.15) is 0 Å². The number of hydrogen-bond acceptors (Lipinski definition) is 0. The predicted octanol–water partition coefficient (Wildman–Crippen LogP) is 5.68. The van der Waals surface area contributed by atoms with Crippen LogP contribution >= 0.6 is 27.5 Å². The Kier molecular flexibility index (Phi) is 5.06. The molecule has 0 aliphatic carbocycles. The Balaban J connectivity index is 2.24. The van der Waals surface area contributed by atoms with Crippen LogP contribution in [0.25, 0.3) is 0 Å². The van der Waals surface area contributed by atoms with Gasteiger partial charge >= 0.3 is 0 Å². The minimum absolute atomic E-state index is 0.413. The van der Waals surface area contributed by atoms with E-state index in [1.807, 2.05) is 12.1 Å². The second-order valence-electron chi connectivity index (χ2n) is 5.00. The van der Waals surface area contributed by atoms with E-state index in [4.69, 9.17) is 11.6 Å². The highest BCUT2D eigenvalue weighted by Crippen LogP contribution is 2.29. The largest absolute Gasteiger partial charge is 0.0921 e. The molecule has 2 aromatic rings. The molecular weight excluding hydrogens is 320 g/mol. The molecule has 100 valence electrons. The van der Waals surface area contributed by atoms with Crippen molar-refractivity contribution in [3.8, 4) is 0 Å². The van der Waals surface area contributed by atoms with Crippen molar-refractivity contribution in [2.45, 2.75) is 26.2 Å². The van der Waals surface area contributed by atoms with Crippen molar-refractivity contribution in [3.05, 3.63) is 69.7 Å². The molecule has 0 nitrogen and oxygen atoms in total. The summed E-state index contributed by atoms with van der Waals surface area (Å²) in [6, 6.07) is 14.8. The molecule has 19 heavy (non-hydrogen) atoms. The third kappa shape index (κ3) is 3.61. The molecule has 0 N–H and O–H groups in total. The number of alkyl halides is 1. The first-order valence-electron chi connectivity index (χ1n) is 6.48. The molecule has 0 spiro atoms. The van der Waals surface area contributed by atoms with Gasteiger partial charge in [0.2, 0.25) is 0 Å². The minimum Gasteiger partial charge on any atom is -0.0921 e. The zero-order valence-electron chi connectivity index (χ0n) is 11.3. The molecule has 0 saturated carbocycles. The van der Waals surface area contributed by atoms with Gasteiger partial charge in [-0.1, -0.05) is 63.9 Å². The Morgan fingerprint density at radius 2 is 1.79 bits per heavy atom. The van der Waals surface area contributed by atoms with Crippen molar-refractivity contribution in [2.75, 3.05) is 5.33 Å². The highest BCUT2D eigenvalue weighted by Gasteiger charge is 2.14. The van der Waals surface area contributed by atoms with Crippen LogP contribution in [0.1, 0.15) is 28.2 Å². The van der Waals surface area contributed by atoms with Gasteiger partial charge in [0.25, 0.3) is 0 Å². The molecule has 1 unspecified atom stereocenters. The van der Waals surface area contributed by atoms with Crippen LogP contribution in [-0.2, 0) is 6.42 Å². The lowest BCUT2D eigenvalue weighted by molar-refractivity contribution is 0.775. The molecule has 0 fully saturated rings. The SMILES string of the molecule is Cc1ccc(CC(CBr)c2ccccc2Cl)cc1C. The van der Waals surface area contributed by atoms with E-state index in [1.54, 1.807) is 0 Å². The standard InChI is InChI=1S/C17H18BrCl/c1-12-7-8-14(9-13(12)2)10-15(11-18)16-5-3-4-6-17(16)19/h3-9,15H,10-11H2,1-2H3. The fraction of sp³-hybridized carbons (Fsp3) is 0.294. The van der Waals surface area contributed by atoms with E-state index in [9.17, 15) is 0 Å². The van der Waals surface area contributed by atoms with Crippen molar-refractivity contribution in [3.63, 3.8) is 0 Å². The molecule has 2 rings (SSSR count). The lowest BCUT2D eigenvalue weighted by atomic mass is 9.92. The smallest absolute Gasteiger partial charge is 0.0441 e. The molecule has 2 aromatic carbocycles. The lowest BCUT2D eigenvalue weighted by Gasteiger charge is -2.17. The van der Waals surface area contributed by atoms with E-state index in [1.165, 1.54) is 22.3 Å². The first-order chi connectivity index (χ1) is 9.11. The molecule has 0 amide bonds. The van der Waals surface area contributed by atoms with Crippen molar-refractivity contribution >= 4 is 27.5 Å². The predicted molar refractivity (Wildman–Crippen MR) is 87.6 cm³/mol. The number of rotatable bonds is 4. The van der Waals surface area contributed by atoms with Crippen LogP contribution in [0, 0.1) is 13.8 Å². The van der Waals surface area contributed by atoms with E-state index in [-0.39, 0.29) is 0 Å². The number of aryl methyl sites for hydroxylation is 2. The van der Waals surface area contributed by atoms with Crippen molar-refractivity contribution in [1.82, 2.24) is 0 Å². The van der Waals surface area contributed by atoms with Gasteiger partial charge in [-0.25, -0.2) is 0 Å². The Bertz CT molecular complexity index is 563. The summed E-state index contributed by atoms with van der Waals surface area (Å²) in [6.07, 6.45) is 1.01. The van der Waals surface area contributed by atoms with Gasteiger partial charge in [-0.05, 0) is 54.5 Å². The number of halogens is 2. The Hall–Kier alpha value is -0.790. The first kappa shape index (κ1) is 14.6. The van der Waals surface area contributed by atoms with Gasteiger partial charge < -0.3 is 0 Å². The number of benzene rings is 2. The Morgan fingerprint density at radius 3 is 2.42 bits per heavy atom. The zero-order chi connectivity index (χ0) is 13.8. The minimum atomic E-state index is 0.413. The number of hydrogen-bond donors (Lipinski definition) is 0. The summed E-state index contributed by atoms with van der Waals surface area (Å²) in [4.78, 5) is 0. The van der Waals surface area contributed by atoms with Gasteiger partial charge in [0.05, 0.1) is 0 Å². The van der Waals surface area contributed by atoms with Crippen LogP contribution in [0.4, 0.5) is 0 Å². The average molecular weight is 338 g/mol. The van der Waals surface area contributed by atoms with Crippen LogP contribution in [0.5, 0.6) is 0 Å². The molecular formula is C17H18BrCl. The second-order valence-corrected chi connectivity index (χ2v) is 6.05. The van der Waals surface area contributed by atoms with Crippen LogP contribution in [0.15, 0.2) is 42.5 Å². The van der Waals surface area contributed by atoms with Crippen LogP contribution in [0.3, 0.4) is 0 Å². The maximum atomic E-state index is 6.30. The fourth-order valence-electron chi connectivity index (χ4n) is 2.27. The summed E-state index contributed by atoms with van der Waals surface area (Å²) in [5.74, 6) is 0.413. The summed E-state index contributed by atoms with van der Waals surface area (Å²) >= 11 is 9.92. The van der Waals surface area contributed by atoms with Crippen LogP contribution < -0.4 is 0 Å². The first-order valence-corrected chi connectivity index (χ1v) is 7.98. The third-order valence-electron chi connectivity index (χ3n) is 3.58. The van der Waals surface area contributed by atoms with Crippen molar-refractivity contribution in [1.29, 1.82) is 0 Å². The fourth-order valence-corrected chi connectivity index (χ4v) is 3.14.